The third kappa shape index (κ3) is 6.03. The highest BCUT2D eigenvalue weighted by atomic mass is 19.3. The van der Waals surface area contributed by atoms with Crippen LogP contribution in [0, 0.1) is 0 Å². The fraction of sp³-hybridized carbons (Fsp3) is 1.00. The van der Waals surface area contributed by atoms with Gasteiger partial charge in [0.25, 0.3) is 0 Å². The quantitative estimate of drug-likeness (QED) is 0.489. The minimum atomic E-state index is -4.02. The van der Waals surface area contributed by atoms with E-state index in [1.807, 2.05) is 0 Å². The van der Waals surface area contributed by atoms with Crippen molar-refractivity contribution in [2.75, 3.05) is 26.6 Å². The van der Waals surface area contributed by atoms with Crippen molar-refractivity contribution in [1.29, 1.82) is 0 Å². The van der Waals surface area contributed by atoms with Crippen molar-refractivity contribution >= 4 is 0 Å². The Morgan fingerprint density at radius 2 is 1.00 bits per heavy atom. The summed E-state index contributed by atoms with van der Waals surface area (Å²) >= 11 is 0. The van der Waals surface area contributed by atoms with Gasteiger partial charge in [0.1, 0.15) is 0 Å². The van der Waals surface area contributed by atoms with Crippen molar-refractivity contribution in [1.82, 2.24) is 0 Å². The molecular formula is C6H8F6O2. The fourth-order valence-corrected chi connectivity index (χ4v) is 0.459. The third-order valence-corrected chi connectivity index (χ3v) is 1.02. The van der Waals surface area contributed by atoms with Crippen LogP contribution in [0.25, 0.3) is 0 Å². The summed E-state index contributed by atoms with van der Waals surface area (Å²) in [5.41, 5.74) is 0. The maximum Gasteiger partial charge on any atom is 0.384 e. The summed E-state index contributed by atoms with van der Waals surface area (Å²) in [5.74, 6) is 0. The molecule has 0 aliphatic rings. The number of hydrogen-bond acceptors (Lipinski definition) is 2. The van der Waals surface area contributed by atoms with Gasteiger partial charge in [0.2, 0.25) is 0 Å². The second kappa shape index (κ2) is 5.40. The Morgan fingerprint density at radius 3 is 1.21 bits per heavy atom. The van der Waals surface area contributed by atoms with Crippen LogP contribution in [0.1, 0.15) is 0 Å². The molecule has 14 heavy (non-hydrogen) atoms. The molecule has 0 N–H and O–H groups in total. The summed E-state index contributed by atoms with van der Waals surface area (Å²) in [6.07, 6.45) is -8.04. The molecule has 0 spiro atoms. The zero-order valence-electron chi connectivity index (χ0n) is 6.91. The molecule has 0 radical (unpaired) electrons. The number of alkyl halides is 6. The molecule has 0 atom stereocenters. The number of halogens is 6. The molecule has 0 unspecified atom stereocenters. The molecule has 8 heteroatoms. The third-order valence-electron chi connectivity index (χ3n) is 1.02. The van der Waals surface area contributed by atoms with Crippen LogP contribution in [0.4, 0.5) is 26.3 Å². The largest absolute Gasteiger partial charge is 0.384 e. The predicted molar refractivity (Wildman–Crippen MR) is 33.7 cm³/mol. The number of hydrogen-bond donors (Lipinski definition) is 0. The maximum absolute atomic E-state index is 11.9. The van der Waals surface area contributed by atoms with Gasteiger partial charge in [-0.3, -0.25) is 0 Å². The average Bonchev–Trinajstić information content (AvgIpc) is 2.13. The van der Waals surface area contributed by atoms with Crippen molar-refractivity contribution in [2.24, 2.45) is 0 Å². The van der Waals surface area contributed by atoms with Crippen LogP contribution >= 0.6 is 0 Å². The molecule has 0 aromatic heterocycles. The zero-order valence-corrected chi connectivity index (χ0v) is 6.91. The Kier molecular flexibility index (Phi) is 5.21. The highest BCUT2D eigenvalue weighted by Crippen LogP contribution is 2.17. The lowest BCUT2D eigenvalue weighted by Gasteiger charge is -2.15. The van der Waals surface area contributed by atoms with Gasteiger partial charge >= 0.3 is 12.2 Å². The van der Waals surface area contributed by atoms with Gasteiger partial charge in [-0.05, 0) is 0 Å². The van der Waals surface area contributed by atoms with Crippen LogP contribution in [0.15, 0.2) is 0 Å². The Hall–Kier alpha value is -0.500. The zero-order chi connectivity index (χ0) is 11.2. The predicted octanol–water partition coefficient (Wildman–Crippen LogP) is 2.14. The molecule has 0 saturated carbocycles. The molecule has 0 aliphatic carbocycles. The molecule has 0 saturated heterocycles. The Bertz CT molecular complexity index is 144. The van der Waals surface area contributed by atoms with Crippen LogP contribution in [-0.2, 0) is 9.47 Å². The summed E-state index contributed by atoms with van der Waals surface area (Å²) in [7, 11) is 0. The van der Waals surface area contributed by atoms with Crippen molar-refractivity contribution in [2.45, 2.75) is 12.2 Å². The number of rotatable bonds is 7. The van der Waals surface area contributed by atoms with E-state index in [-0.39, 0.29) is 0 Å². The van der Waals surface area contributed by atoms with Gasteiger partial charge in [-0.2, -0.15) is 17.6 Å². The summed E-state index contributed by atoms with van der Waals surface area (Å²) < 4.78 is 77.6. The van der Waals surface area contributed by atoms with Crippen molar-refractivity contribution < 1.29 is 35.8 Å². The molecule has 2 nitrogen and oxygen atoms in total. The monoisotopic (exact) mass is 226 g/mol. The van der Waals surface area contributed by atoms with Gasteiger partial charge in [0, 0.05) is 0 Å². The van der Waals surface area contributed by atoms with Gasteiger partial charge in [0.15, 0.2) is 13.3 Å². The molecule has 86 valence electrons. The average molecular weight is 226 g/mol. The van der Waals surface area contributed by atoms with Crippen molar-refractivity contribution in [3.05, 3.63) is 0 Å². The fourth-order valence-electron chi connectivity index (χ4n) is 0.459. The lowest BCUT2D eigenvalue weighted by Crippen LogP contribution is -2.29. The van der Waals surface area contributed by atoms with E-state index in [4.69, 9.17) is 0 Å². The van der Waals surface area contributed by atoms with E-state index in [0.717, 1.165) is 0 Å². The summed E-state index contributed by atoms with van der Waals surface area (Å²) in [6.45, 7) is -6.03. The van der Waals surface area contributed by atoms with Gasteiger partial charge < -0.3 is 9.47 Å². The second-order valence-electron chi connectivity index (χ2n) is 2.24. The normalized spacial score (nSPS) is 13.3. The lowest BCUT2D eigenvalue weighted by atomic mass is 10.6. The molecule has 0 fully saturated rings. The standard InChI is InChI=1S/C6H8F6O2/c7-3-5(9,10)13-1-2-14-6(11,12)4-8/h1-4H2. The first-order chi connectivity index (χ1) is 6.33. The summed E-state index contributed by atoms with van der Waals surface area (Å²) in [4.78, 5) is 0. The highest BCUT2D eigenvalue weighted by Gasteiger charge is 2.32. The molecule has 0 aliphatic heterocycles. The van der Waals surface area contributed by atoms with Crippen LogP contribution in [0.3, 0.4) is 0 Å². The second-order valence-corrected chi connectivity index (χ2v) is 2.24. The summed E-state index contributed by atoms with van der Waals surface area (Å²) in [6, 6.07) is 0. The Balaban J connectivity index is 3.57. The molecule has 0 aromatic carbocycles. The molecule has 0 heterocycles. The van der Waals surface area contributed by atoms with Crippen molar-refractivity contribution in [3.8, 4) is 0 Å². The first-order valence-corrected chi connectivity index (χ1v) is 3.48. The number of ether oxygens (including phenoxy) is 2. The minimum absolute atomic E-state index is 0.952. The van der Waals surface area contributed by atoms with E-state index in [9.17, 15) is 26.3 Å². The SMILES string of the molecule is FCC(F)(F)OCCOC(F)(F)CF. The van der Waals surface area contributed by atoms with Crippen LogP contribution in [0.2, 0.25) is 0 Å². The van der Waals surface area contributed by atoms with Crippen molar-refractivity contribution in [3.63, 3.8) is 0 Å². The Morgan fingerprint density at radius 1 is 0.714 bits per heavy atom. The van der Waals surface area contributed by atoms with Gasteiger partial charge in [0.05, 0.1) is 13.2 Å². The molecule has 0 aromatic rings. The van der Waals surface area contributed by atoms with E-state index in [0.29, 0.717) is 0 Å². The molecule has 0 amide bonds. The lowest BCUT2D eigenvalue weighted by molar-refractivity contribution is -0.281. The summed E-state index contributed by atoms with van der Waals surface area (Å²) in [5, 5.41) is 0. The van der Waals surface area contributed by atoms with Gasteiger partial charge in [-0.25, -0.2) is 8.78 Å². The minimum Gasteiger partial charge on any atom is -0.316 e. The van der Waals surface area contributed by atoms with Crippen LogP contribution in [0.5, 0.6) is 0 Å². The maximum atomic E-state index is 11.9. The van der Waals surface area contributed by atoms with Crippen LogP contribution in [-0.4, -0.2) is 38.8 Å². The van der Waals surface area contributed by atoms with Gasteiger partial charge in [-0.1, -0.05) is 0 Å². The van der Waals surface area contributed by atoms with E-state index >= 15 is 0 Å². The first kappa shape index (κ1) is 13.5. The highest BCUT2D eigenvalue weighted by molar-refractivity contribution is 4.50. The van der Waals surface area contributed by atoms with Gasteiger partial charge in [-0.15, -0.1) is 0 Å². The molecular weight excluding hydrogens is 218 g/mol. The molecule has 0 bridgehead atoms. The molecule has 0 rings (SSSR count). The Labute approximate surface area is 75.8 Å². The van der Waals surface area contributed by atoms with E-state index in [1.54, 1.807) is 0 Å². The smallest absolute Gasteiger partial charge is 0.316 e. The topological polar surface area (TPSA) is 18.5 Å². The van der Waals surface area contributed by atoms with E-state index in [2.05, 4.69) is 9.47 Å². The first-order valence-electron chi connectivity index (χ1n) is 3.48. The van der Waals surface area contributed by atoms with Crippen LogP contribution < -0.4 is 0 Å². The van der Waals surface area contributed by atoms with E-state index in [1.165, 1.54) is 0 Å². The van der Waals surface area contributed by atoms with E-state index < -0.39 is 38.8 Å².